The van der Waals surface area contributed by atoms with E-state index in [-0.39, 0.29) is 11.5 Å². The summed E-state index contributed by atoms with van der Waals surface area (Å²) in [5, 5.41) is 24.3. The molecule has 0 radical (unpaired) electrons. The van der Waals surface area contributed by atoms with Crippen LogP contribution in [0.1, 0.15) is 12.7 Å². The molecule has 7 nitrogen and oxygen atoms in total. The summed E-state index contributed by atoms with van der Waals surface area (Å²) in [6, 6.07) is 16.0. The van der Waals surface area contributed by atoms with E-state index in [2.05, 4.69) is 20.8 Å². The number of rotatable bonds is 5. The molecule has 0 amide bonds. The number of aromatic hydroxyl groups is 1. The molecule has 3 rings (SSSR count). The zero-order valence-electron chi connectivity index (χ0n) is 12.9. The SMILES string of the molecule is CC(=O)/C(=C\Nc1ccccc1O)c1nnnn1-c1ccccc1. The van der Waals surface area contributed by atoms with Crippen molar-refractivity contribution in [1.82, 2.24) is 20.2 Å². The van der Waals surface area contributed by atoms with Crippen molar-refractivity contribution in [3.63, 3.8) is 0 Å². The lowest BCUT2D eigenvalue weighted by Crippen LogP contribution is -2.08. The maximum absolute atomic E-state index is 12.1. The fourth-order valence-electron chi connectivity index (χ4n) is 2.17. The number of carbonyl (C=O) groups is 1. The van der Waals surface area contributed by atoms with Gasteiger partial charge in [-0.05, 0) is 41.6 Å². The summed E-state index contributed by atoms with van der Waals surface area (Å²) in [6.45, 7) is 1.43. The molecule has 0 aliphatic carbocycles. The number of phenols is 1. The Bertz CT molecular complexity index is 887. The lowest BCUT2D eigenvalue weighted by molar-refractivity contribution is -0.111. The summed E-state index contributed by atoms with van der Waals surface area (Å²) in [4.78, 5) is 12.1. The van der Waals surface area contributed by atoms with Crippen LogP contribution in [0.4, 0.5) is 5.69 Å². The minimum Gasteiger partial charge on any atom is -0.506 e. The topological polar surface area (TPSA) is 92.9 Å². The first-order chi connectivity index (χ1) is 11.7. The van der Waals surface area contributed by atoms with E-state index in [1.165, 1.54) is 17.8 Å². The number of para-hydroxylation sites is 3. The van der Waals surface area contributed by atoms with E-state index in [0.717, 1.165) is 5.69 Å². The van der Waals surface area contributed by atoms with E-state index in [1.54, 1.807) is 24.3 Å². The largest absolute Gasteiger partial charge is 0.506 e. The molecule has 0 aliphatic heterocycles. The molecule has 120 valence electrons. The van der Waals surface area contributed by atoms with E-state index in [0.29, 0.717) is 17.1 Å². The summed E-state index contributed by atoms with van der Waals surface area (Å²) in [5.74, 6) is 0.195. The number of hydrogen-bond donors (Lipinski definition) is 2. The van der Waals surface area contributed by atoms with Crippen LogP contribution < -0.4 is 5.32 Å². The van der Waals surface area contributed by atoms with Crippen molar-refractivity contribution in [2.75, 3.05) is 5.32 Å². The fourth-order valence-corrected chi connectivity index (χ4v) is 2.17. The molecule has 1 aromatic heterocycles. The van der Waals surface area contributed by atoms with Gasteiger partial charge < -0.3 is 10.4 Å². The molecule has 0 saturated carbocycles. The van der Waals surface area contributed by atoms with Gasteiger partial charge in [0.25, 0.3) is 0 Å². The third kappa shape index (κ3) is 3.14. The lowest BCUT2D eigenvalue weighted by atomic mass is 10.2. The van der Waals surface area contributed by atoms with Gasteiger partial charge in [-0.3, -0.25) is 4.79 Å². The molecule has 2 aromatic carbocycles. The van der Waals surface area contributed by atoms with Gasteiger partial charge in [0.15, 0.2) is 11.6 Å². The number of Topliss-reactive ketones (excluding diaryl/α,β-unsaturated/α-hetero) is 1. The molecule has 24 heavy (non-hydrogen) atoms. The zero-order chi connectivity index (χ0) is 16.9. The first-order valence-electron chi connectivity index (χ1n) is 7.26. The van der Waals surface area contributed by atoms with Crippen molar-refractivity contribution in [2.45, 2.75) is 6.92 Å². The fraction of sp³-hybridized carbons (Fsp3) is 0.0588. The van der Waals surface area contributed by atoms with Crippen LogP contribution in [0.5, 0.6) is 5.75 Å². The molecular formula is C17H15N5O2. The number of aromatic nitrogens is 4. The van der Waals surface area contributed by atoms with Crippen LogP contribution in [0.15, 0.2) is 60.8 Å². The number of benzene rings is 2. The average molecular weight is 321 g/mol. The first kappa shape index (κ1) is 15.4. The van der Waals surface area contributed by atoms with Gasteiger partial charge in [-0.25, -0.2) is 0 Å². The second-order valence-electron chi connectivity index (χ2n) is 5.03. The highest BCUT2D eigenvalue weighted by Gasteiger charge is 2.17. The molecule has 0 atom stereocenters. The molecule has 0 spiro atoms. The van der Waals surface area contributed by atoms with Crippen molar-refractivity contribution < 1.29 is 9.90 Å². The molecule has 7 heteroatoms. The Morgan fingerprint density at radius 3 is 2.54 bits per heavy atom. The van der Waals surface area contributed by atoms with Gasteiger partial charge in [-0.15, -0.1) is 5.10 Å². The third-order valence-electron chi connectivity index (χ3n) is 3.37. The molecule has 2 N–H and O–H groups in total. The molecule has 0 bridgehead atoms. The van der Waals surface area contributed by atoms with Crippen LogP contribution in [0.3, 0.4) is 0 Å². The molecule has 0 unspecified atom stereocenters. The number of nitrogens with zero attached hydrogens (tertiary/aromatic N) is 4. The van der Waals surface area contributed by atoms with Crippen molar-refractivity contribution in [3.8, 4) is 11.4 Å². The van der Waals surface area contributed by atoms with Crippen LogP contribution in [0.2, 0.25) is 0 Å². The Hall–Kier alpha value is -3.48. The van der Waals surface area contributed by atoms with Crippen LogP contribution in [0, 0.1) is 0 Å². The van der Waals surface area contributed by atoms with Crippen molar-refractivity contribution >= 4 is 17.0 Å². The highest BCUT2D eigenvalue weighted by molar-refractivity contribution is 6.18. The monoisotopic (exact) mass is 321 g/mol. The quantitative estimate of drug-likeness (QED) is 0.554. The van der Waals surface area contributed by atoms with Crippen LogP contribution in [-0.2, 0) is 4.79 Å². The number of carbonyl (C=O) groups excluding carboxylic acids is 1. The second-order valence-corrected chi connectivity index (χ2v) is 5.03. The minimum atomic E-state index is -0.204. The Kier molecular flexibility index (Phi) is 4.33. The van der Waals surface area contributed by atoms with E-state index < -0.39 is 0 Å². The number of tetrazole rings is 1. The normalized spacial score (nSPS) is 11.3. The molecule has 3 aromatic rings. The number of hydrogen-bond acceptors (Lipinski definition) is 6. The Labute approximate surface area is 138 Å². The van der Waals surface area contributed by atoms with Crippen molar-refractivity contribution in [1.29, 1.82) is 0 Å². The van der Waals surface area contributed by atoms with Gasteiger partial charge in [-0.2, -0.15) is 4.68 Å². The van der Waals surface area contributed by atoms with Crippen LogP contribution in [-0.4, -0.2) is 31.1 Å². The zero-order valence-corrected chi connectivity index (χ0v) is 12.9. The number of ketones is 1. The highest BCUT2D eigenvalue weighted by atomic mass is 16.3. The van der Waals surface area contributed by atoms with Crippen LogP contribution in [0.25, 0.3) is 11.3 Å². The average Bonchev–Trinajstić information content (AvgIpc) is 3.06. The molecule has 0 fully saturated rings. The van der Waals surface area contributed by atoms with Gasteiger partial charge in [0.2, 0.25) is 0 Å². The summed E-state index contributed by atoms with van der Waals surface area (Å²) in [6.07, 6.45) is 1.49. The predicted molar refractivity (Wildman–Crippen MR) is 89.5 cm³/mol. The van der Waals surface area contributed by atoms with Gasteiger partial charge >= 0.3 is 0 Å². The number of phenolic OH excluding ortho intramolecular Hbond substituents is 1. The van der Waals surface area contributed by atoms with Crippen molar-refractivity contribution in [2.24, 2.45) is 0 Å². The van der Waals surface area contributed by atoms with E-state index >= 15 is 0 Å². The number of nitrogens with one attached hydrogen (secondary N) is 1. The Morgan fingerprint density at radius 1 is 1.12 bits per heavy atom. The molecule has 0 saturated heterocycles. The van der Waals surface area contributed by atoms with Gasteiger partial charge in [-0.1, -0.05) is 30.3 Å². The summed E-state index contributed by atoms with van der Waals surface area (Å²) in [5.41, 5.74) is 1.52. The van der Waals surface area contributed by atoms with E-state index in [4.69, 9.17) is 0 Å². The maximum Gasteiger partial charge on any atom is 0.192 e. The second kappa shape index (κ2) is 6.74. The van der Waals surface area contributed by atoms with Gasteiger partial charge in [0, 0.05) is 6.20 Å². The van der Waals surface area contributed by atoms with Gasteiger partial charge in [0.05, 0.1) is 16.9 Å². The Balaban J connectivity index is 1.99. The lowest BCUT2D eigenvalue weighted by Gasteiger charge is -2.08. The summed E-state index contributed by atoms with van der Waals surface area (Å²) >= 11 is 0. The summed E-state index contributed by atoms with van der Waals surface area (Å²) < 4.78 is 1.49. The number of allylic oxidation sites excluding steroid dienone is 1. The first-order valence-corrected chi connectivity index (χ1v) is 7.26. The van der Waals surface area contributed by atoms with Gasteiger partial charge in [0.1, 0.15) is 5.75 Å². The molecule has 1 heterocycles. The standard InChI is InChI=1S/C17H15N5O2/c1-12(23)14(11-18-15-9-5-6-10-16(15)24)17-19-20-21-22(17)13-7-3-2-4-8-13/h2-11,18,24H,1H3/b14-11+. The smallest absolute Gasteiger partial charge is 0.192 e. The Morgan fingerprint density at radius 2 is 1.83 bits per heavy atom. The summed E-state index contributed by atoms with van der Waals surface area (Å²) in [7, 11) is 0. The van der Waals surface area contributed by atoms with Crippen LogP contribution >= 0.6 is 0 Å². The van der Waals surface area contributed by atoms with E-state index in [1.807, 2.05) is 30.3 Å². The maximum atomic E-state index is 12.1. The third-order valence-corrected chi connectivity index (χ3v) is 3.37. The predicted octanol–water partition coefficient (Wildman–Crippen LogP) is 2.41. The molecule has 0 aliphatic rings. The molecular weight excluding hydrogens is 306 g/mol. The minimum absolute atomic E-state index is 0.0827. The highest BCUT2D eigenvalue weighted by Crippen LogP contribution is 2.23. The number of anilines is 1. The van der Waals surface area contributed by atoms with E-state index in [9.17, 15) is 9.90 Å². The van der Waals surface area contributed by atoms with Crippen molar-refractivity contribution in [3.05, 3.63) is 66.6 Å².